The average molecular weight is 249 g/mol. The second-order valence-corrected chi connectivity index (χ2v) is 5.72. The minimum Gasteiger partial charge on any atom is -0.370 e. The largest absolute Gasteiger partial charge is 0.370 e. The van der Waals surface area contributed by atoms with Crippen molar-refractivity contribution in [3.05, 3.63) is 23.0 Å². The summed E-state index contributed by atoms with van der Waals surface area (Å²) in [5, 5.41) is 4.44. The van der Waals surface area contributed by atoms with Gasteiger partial charge in [-0.15, -0.1) is 0 Å². The maximum Gasteiger partial charge on any atom is 0.219 e. The molecule has 0 aliphatic rings. The molecule has 0 aliphatic carbocycles. The van der Waals surface area contributed by atoms with Crippen molar-refractivity contribution in [3.8, 4) is 0 Å². The Morgan fingerprint density at radius 1 is 1.39 bits per heavy atom. The number of hydrogen-bond acceptors (Lipinski definition) is 2. The standard InChI is InChI=1S/C14H23N3O/c1-10-12(6-8-14(3,4)5)11(2)17(16-10)9-7-13(15)18/h6,8H,7,9H2,1-5H3,(H2,15,18)/b8-6+. The Balaban J connectivity index is 2.94. The molecular weight excluding hydrogens is 226 g/mol. The fourth-order valence-electron chi connectivity index (χ4n) is 1.72. The molecule has 0 bridgehead atoms. The second kappa shape index (κ2) is 5.38. The average Bonchev–Trinajstić information content (AvgIpc) is 2.47. The summed E-state index contributed by atoms with van der Waals surface area (Å²) < 4.78 is 1.85. The smallest absolute Gasteiger partial charge is 0.219 e. The van der Waals surface area contributed by atoms with E-state index in [1.54, 1.807) is 0 Å². The van der Waals surface area contributed by atoms with E-state index >= 15 is 0 Å². The monoisotopic (exact) mass is 249 g/mol. The van der Waals surface area contributed by atoms with Crippen LogP contribution in [0.2, 0.25) is 0 Å². The van der Waals surface area contributed by atoms with Crippen molar-refractivity contribution in [2.75, 3.05) is 0 Å². The maximum atomic E-state index is 10.8. The van der Waals surface area contributed by atoms with Gasteiger partial charge in [0.1, 0.15) is 0 Å². The minimum absolute atomic E-state index is 0.147. The number of amides is 1. The van der Waals surface area contributed by atoms with Crippen LogP contribution in [0.15, 0.2) is 6.08 Å². The van der Waals surface area contributed by atoms with Gasteiger partial charge in [0.05, 0.1) is 5.69 Å². The molecule has 1 aromatic heterocycles. The van der Waals surface area contributed by atoms with Crippen LogP contribution >= 0.6 is 0 Å². The lowest BCUT2D eigenvalue weighted by atomic mass is 9.95. The fraction of sp³-hybridized carbons (Fsp3) is 0.571. The van der Waals surface area contributed by atoms with E-state index in [1.807, 2.05) is 18.5 Å². The predicted octanol–water partition coefficient (Wildman–Crippen LogP) is 2.43. The van der Waals surface area contributed by atoms with E-state index in [-0.39, 0.29) is 11.3 Å². The Kier molecular flexibility index (Phi) is 4.33. The summed E-state index contributed by atoms with van der Waals surface area (Å²) in [6.07, 6.45) is 4.60. The van der Waals surface area contributed by atoms with E-state index in [9.17, 15) is 4.79 Å². The highest BCUT2D eigenvalue weighted by molar-refractivity contribution is 5.73. The lowest BCUT2D eigenvalue weighted by Crippen LogP contribution is -2.15. The Labute approximate surface area is 109 Å². The third-order valence-corrected chi connectivity index (χ3v) is 2.76. The van der Waals surface area contributed by atoms with Crippen molar-refractivity contribution < 1.29 is 4.79 Å². The molecule has 2 N–H and O–H groups in total. The van der Waals surface area contributed by atoms with E-state index in [0.29, 0.717) is 13.0 Å². The predicted molar refractivity (Wildman–Crippen MR) is 74.0 cm³/mol. The van der Waals surface area contributed by atoms with Crippen molar-refractivity contribution in [2.24, 2.45) is 11.1 Å². The Morgan fingerprint density at radius 3 is 2.50 bits per heavy atom. The van der Waals surface area contributed by atoms with Gasteiger partial charge >= 0.3 is 0 Å². The number of primary amides is 1. The van der Waals surface area contributed by atoms with Crippen LogP contribution in [0.5, 0.6) is 0 Å². The third kappa shape index (κ3) is 4.02. The molecule has 1 amide bonds. The van der Waals surface area contributed by atoms with Gasteiger partial charge in [0.2, 0.25) is 5.91 Å². The zero-order valence-corrected chi connectivity index (χ0v) is 11.9. The van der Waals surface area contributed by atoms with E-state index < -0.39 is 0 Å². The molecule has 4 nitrogen and oxygen atoms in total. The highest BCUT2D eigenvalue weighted by atomic mass is 16.1. The summed E-state index contributed by atoms with van der Waals surface area (Å²) in [7, 11) is 0. The van der Waals surface area contributed by atoms with Gasteiger partial charge < -0.3 is 5.73 Å². The molecule has 1 rings (SSSR count). The number of carbonyl (C=O) groups excluding carboxylic acids is 1. The molecule has 4 heteroatoms. The van der Waals surface area contributed by atoms with Crippen LogP contribution in [-0.4, -0.2) is 15.7 Å². The fourth-order valence-corrected chi connectivity index (χ4v) is 1.72. The molecule has 0 unspecified atom stereocenters. The summed E-state index contributed by atoms with van der Waals surface area (Å²) >= 11 is 0. The third-order valence-electron chi connectivity index (χ3n) is 2.76. The number of nitrogens with zero attached hydrogens (tertiary/aromatic N) is 2. The number of hydrogen-bond donors (Lipinski definition) is 1. The second-order valence-electron chi connectivity index (χ2n) is 5.72. The molecule has 1 aromatic rings. The number of aromatic nitrogens is 2. The van der Waals surface area contributed by atoms with Crippen LogP contribution < -0.4 is 5.73 Å². The number of carbonyl (C=O) groups is 1. The zero-order chi connectivity index (χ0) is 13.9. The van der Waals surface area contributed by atoms with E-state index in [2.05, 4.69) is 38.0 Å². The molecule has 1 heterocycles. The van der Waals surface area contributed by atoms with Crippen LogP contribution in [0, 0.1) is 19.3 Å². The maximum absolute atomic E-state index is 10.8. The molecule has 0 saturated carbocycles. The van der Waals surface area contributed by atoms with Gasteiger partial charge in [-0.3, -0.25) is 9.48 Å². The van der Waals surface area contributed by atoms with Crippen molar-refractivity contribution >= 4 is 12.0 Å². The molecule has 0 fully saturated rings. The molecule has 0 spiro atoms. The first-order valence-corrected chi connectivity index (χ1v) is 6.22. The normalized spacial score (nSPS) is 12.3. The summed E-state index contributed by atoms with van der Waals surface area (Å²) in [6.45, 7) is 11.0. The van der Waals surface area contributed by atoms with Gasteiger partial charge in [0.15, 0.2) is 0 Å². The Bertz CT molecular complexity index is 464. The van der Waals surface area contributed by atoms with E-state index in [0.717, 1.165) is 17.0 Å². The quantitative estimate of drug-likeness (QED) is 0.891. The van der Waals surface area contributed by atoms with Crippen molar-refractivity contribution in [2.45, 2.75) is 47.6 Å². The molecule has 0 aromatic carbocycles. The van der Waals surface area contributed by atoms with E-state index in [1.165, 1.54) is 0 Å². The van der Waals surface area contributed by atoms with Crippen molar-refractivity contribution in [1.82, 2.24) is 9.78 Å². The van der Waals surface area contributed by atoms with Gasteiger partial charge in [-0.05, 0) is 19.3 Å². The zero-order valence-electron chi connectivity index (χ0n) is 11.9. The summed E-state index contributed by atoms with van der Waals surface area (Å²) in [5.74, 6) is -0.297. The summed E-state index contributed by atoms with van der Waals surface area (Å²) in [6, 6.07) is 0. The molecule has 100 valence electrons. The molecular formula is C14H23N3O. The summed E-state index contributed by atoms with van der Waals surface area (Å²) in [5.41, 5.74) is 8.50. The van der Waals surface area contributed by atoms with Crippen molar-refractivity contribution in [3.63, 3.8) is 0 Å². The first-order valence-electron chi connectivity index (χ1n) is 6.22. The highest BCUT2D eigenvalue weighted by Gasteiger charge is 2.11. The summed E-state index contributed by atoms with van der Waals surface area (Å²) in [4.78, 5) is 10.8. The van der Waals surface area contributed by atoms with Crippen molar-refractivity contribution in [1.29, 1.82) is 0 Å². The van der Waals surface area contributed by atoms with E-state index in [4.69, 9.17) is 5.73 Å². The highest BCUT2D eigenvalue weighted by Crippen LogP contribution is 2.21. The van der Waals surface area contributed by atoms with Crippen LogP contribution in [0.3, 0.4) is 0 Å². The lowest BCUT2D eigenvalue weighted by molar-refractivity contribution is -0.118. The topological polar surface area (TPSA) is 60.9 Å². The first-order chi connectivity index (χ1) is 8.20. The van der Waals surface area contributed by atoms with Crippen LogP contribution in [0.1, 0.15) is 44.1 Å². The molecule has 18 heavy (non-hydrogen) atoms. The van der Waals surface area contributed by atoms with Crippen LogP contribution in [0.4, 0.5) is 0 Å². The first kappa shape index (κ1) is 14.5. The van der Waals surface area contributed by atoms with Crippen LogP contribution in [-0.2, 0) is 11.3 Å². The van der Waals surface area contributed by atoms with Gasteiger partial charge in [0.25, 0.3) is 0 Å². The minimum atomic E-state index is -0.297. The molecule has 0 aliphatic heterocycles. The van der Waals surface area contributed by atoms with Gasteiger partial charge in [0, 0.05) is 24.2 Å². The molecule has 0 saturated heterocycles. The molecule has 0 radical (unpaired) electrons. The number of allylic oxidation sites excluding steroid dienone is 1. The lowest BCUT2D eigenvalue weighted by Gasteiger charge is -2.11. The molecule has 0 atom stereocenters. The van der Waals surface area contributed by atoms with Gasteiger partial charge in [-0.2, -0.15) is 5.10 Å². The van der Waals surface area contributed by atoms with Crippen LogP contribution in [0.25, 0.3) is 6.08 Å². The SMILES string of the molecule is Cc1nn(CCC(N)=O)c(C)c1/C=C/C(C)(C)C. The number of aryl methyl sites for hydroxylation is 2. The Hall–Kier alpha value is -1.58. The number of rotatable bonds is 4. The van der Waals surface area contributed by atoms with Gasteiger partial charge in [-0.1, -0.05) is 32.9 Å². The number of nitrogens with two attached hydrogens (primary N) is 1. The van der Waals surface area contributed by atoms with Gasteiger partial charge in [-0.25, -0.2) is 0 Å². The Morgan fingerprint density at radius 2 is 2.00 bits per heavy atom.